The van der Waals surface area contributed by atoms with E-state index in [1.165, 1.54) is 5.56 Å². The monoisotopic (exact) mass is 464 g/mol. The fourth-order valence-electron chi connectivity index (χ4n) is 6.19. The second-order valence-corrected chi connectivity index (χ2v) is 11.7. The molecule has 0 spiro atoms. The van der Waals surface area contributed by atoms with E-state index < -0.39 is 0 Å². The molecule has 4 nitrogen and oxygen atoms in total. The van der Waals surface area contributed by atoms with Gasteiger partial charge in [-0.2, -0.15) is 0 Å². The third-order valence-electron chi connectivity index (χ3n) is 7.99. The van der Waals surface area contributed by atoms with Crippen LogP contribution in [-0.4, -0.2) is 36.7 Å². The predicted octanol–water partition coefficient (Wildman–Crippen LogP) is 6.14. The van der Waals surface area contributed by atoms with Gasteiger partial charge in [0.2, 0.25) is 0 Å². The summed E-state index contributed by atoms with van der Waals surface area (Å²) in [5.74, 6) is 0.809. The molecule has 182 valence electrons. The van der Waals surface area contributed by atoms with E-state index >= 15 is 4.39 Å². The minimum atomic E-state index is -0.380. The fourth-order valence-corrected chi connectivity index (χ4v) is 6.19. The SMILES string of the molecule is CC(C)Cc1ccc(-c2cc3c(cc2F)[C@H](NC(=O)O[C@H]2CN4CCC2CC4)C(C)(C)C3)cc1. The molecule has 6 rings (SSSR count). The summed E-state index contributed by atoms with van der Waals surface area (Å²) in [6.45, 7) is 11.7. The van der Waals surface area contributed by atoms with Crippen molar-refractivity contribution in [1.29, 1.82) is 0 Å². The van der Waals surface area contributed by atoms with Crippen LogP contribution in [0.5, 0.6) is 0 Å². The minimum absolute atomic E-state index is 0.0377. The van der Waals surface area contributed by atoms with Gasteiger partial charge < -0.3 is 10.1 Å². The van der Waals surface area contributed by atoms with Gasteiger partial charge in [-0.15, -0.1) is 0 Å². The average Bonchev–Trinajstić information content (AvgIpc) is 3.03. The first-order chi connectivity index (χ1) is 16.2. The van der Waals surface area contributed by atoms with Crippen LogP contribution >= 0.6 is 0 Å². The number of halogens is 1. The Kier molecular flexibility index (Phi) is 6.18. The van der Waals surface area contributed by atoms with Crippen LogP contribution < -0.4 is 5.32 Å². The van der Waals surface area contributed by atoms with Crippen molar-refractivity contribution in [2.45, 2.75) is 65.5 Å². The highest BCUT2D eigenvalue weighted by Crippen LogP contribution is 2.47. The van der Waals surface area contributed by atoms with E-state index in [-0.39, 0.29) is 29.5 Å². The summed E-state index contributed by atoms with van der Waals surface area (Å²) >= 11 is 0. The molecule has 2 aromatic rings. The fraction of sp³-hybridized carbons (Fsp3) is 0.552. The van der Waals surface area contributed by atoms with Gasteiger partial charge in [-0.25, -0.2) is 9.18 Å². The van der Waals surface area contributed by atoms with E-state index in [0.717, 1.165) is 62.0 Å². The Labute approximate surface area is 202 Å². The second-order valence-electron chi connectivity index (χ2n) is 11.7. The molecule has 1 aliphatic carbocycles. The number of nitrogens with one attached hydrogen (secondary N) is 1. The second kappa shape index (κ2) is 8.99. The highest BCUT2D eigenvalue weighted by molar-refractivity contribution is 5.70. The maximum absolute atomic E-state index is 15.3. The lowest BCUT2D eigenvalue weighted by Gasteiger charge is -2.44. The summed E-state index contributed by atoms with van der Waals surface area (Å²) in [5, 5.41) is 3.10. The predicted molar refractivity (Wildman–Crippen MR) is 133 cm³/mol. The first kappa shape index (κ1) is 23.3. The van der Waals surface area contributed by atoms with Gasteiger partial charge in [-0.3, -0.25) is 4.90 Å². The molecule has 0 unspecified atom stereocenters. The number of hydrogen-bond acceptors (Lipinski definition) is 3. The number of hydrogen-bond donors (Lipinski definition) is 1. The van der Waals surface area contributed by atoms with Gasteiger partial charge in [0.25, 0.3) is 0 Å². The van der Waals surface area contributed by atoms with E-state index in [4.69, 9.17) is 4.74 Å². The Morgan fingerprint density at radius 1 is 1.18 bits per heavy atom. The van der Waals surface area contributed by atoms with E-state index in [1.54, 1.807) is 6.07 Å². The lowest BCUT2D eigenvalue weighted by atomic mass is 9.85. The van der Waals surface area contributed by atoms with Crippen molar-refractivity contribution in [3.05, 3.63) is 58.9 Å². The average molecular weight is 465 g/mol. The van der Waals surface area contributed by atoms with Gasteiger partial charge in [-0.1, -0.05) is 52.0 Å². The normalized spacial score (nSPS) is 27.0. The van der Waals surface area contributed by atoms with Crippen molar-refractivity contribution in [3.63, 3.8) is 0 Å². The summed E-state index contributed by atoms with van der Waals surface area (Å²) < 4.78 is 21.2. The Bertz CT molecular complexity index is 1050. The number of amides is 1. The van der Waals surface area contributed by atoms with E-state index in [1.807, 2.05) is 18.2 Å². The van der Waals surface area contributed by atoms with Crippen molar-refractivity contribution < 1.29 is 13.9 Å². The molecule has 0 radical (unpaired) electrons. The maximum Gasteiger partial charge on any atom is 0.407 e. The van der Waals surface area contributed by atoms with Gasteiger partial charge in [0.05, 0.1) is 6.04 Å². The highest BCUT2D eigenvalue weighted by atomic mass is 19.1. The highest BCUT2D eigenvalue weighted by Gasteiger charge is 2.42. The molecule has 1 N–H and O–H groups in total. The summed E-state index contributed by atoms with van der Waals surface area (Å²) in [6.07, 6.45) is 3.58. The Morgan fingerprint density at radius 3 is 2.50 bits per heavy atom. The van der Waals surface area contributed by atoms with Crippen molar-refractivity contribution in [1.82, 2.24) is 10.2 Å². The number of piperidine rings is 3. The van der Waals surface area contributed by atoms with Crippen LogP contribution in [0.4, 0.5) is 9.18 Å². The van der Waals surface area contributed by atoms with Crippen LogP contribution in [0, 0.1) is 23.1 Å². The number of benzene rings is 2. The molecular formula is C29H37FN2O2. The summed E-state index contributed by atoms with van der Waals surface area (Å²) in [4.78, 5) is 15.3. The molecule has 2 atom stereocenters. The molecule has 34 heavy (non-hydrogen) atoms. The quantitative estimate of drug-likeness (QED) is 0.578. The Balaban J connectivity index is 1.33. The molecule has 0 aromatic heterocycles. The van der Waals surface area contributed by atoms with Crippen LogP contribution in [0.15, 0.2) is 36.4 Å². The zero-order chi connectivity index (χ0) is 24.0. The smallest absolute Gasteiger partial charge is 0.407 e. The molecule has 2 bridgehead atoms. The molecular weight excluding hydrogens is 427 g/mol. The molecule has 3 aliphatic heterocycles. The third-order valence-corrected chi connectivity index (χ3v) is 7.99. The molecule has 5 heteroatoms. The molecule has 2 aromatic carbocycles. The van der Waals surface area contributed by atoms with Crippen LogP contribution in [0.25, 0.3) is 11.1 Å². The number of carbonyl (C=O) groups excluding carboxylic acids is 1. The number of ether oxygens (including phenoxy) is 1. The summed E-state index contributed by atoms with van der Waals surface area (Å²) in [7, 11) is 0. The van der Waals surface area contributed by atoms with Gasteiger partial charge in [0.1, 0.15) is 11.9 Å². The Morgan fingerprint density at radius 2 is 1.88 bits per heavy atom. The van der Waals surface area contributed by atoms with E-state index in [0.29, 0.717) is 17.4 Å². The van der Waals surface area contributed by atoms with Crippen LogP contribution in [0.2, 0.25) is 0 Å². The third kappa shape index (κ3) is 4.59. The van der Waals surface area contributed by atoms with Crippen LogP contribution in [0.1, 0.15) is 63.3 Å². The first-order valence-electron chi connectivity index (χ1n) is 12.8. The number of carbonyl (C=O) groups is 1. The minimum Gasteiger partial charge on any atom is -0.445 e. The van der Waals surface area contributed by atoms with E-state index in [2.05, 4.69) is 50.0 Å². The van der Waals surface area contributed by atoms with Crippen LogP contribution in [0.3, 0.4) is 0 Å². The van der Waals surface area contributed by atoms with Gasteiger partial charge >= 0.3 is 6.09 Å². The van der Waals surface area contributed by atoms with Crippen molar-refractivity contribution in [2.24, 2.45) is 17.3 Å². The number of rotatable bonds is 5. The number of fused-ring (bicyclic) bond motifs is 4. The van der Waals surface area contributed by atoms with Crippen molar-refractivity contribution in [2.75, 3.05) is 19.6 Å². The zero-order valence-corrected chi connectivity index (χ0v) is 20.9. The molecule has 4 aliphatic rings. The van der Waals surface area contributed by atoms with Crippen molar-refractivity contribution >= 4 is 6.09 Å². The van der Waals surface area contributed by atoms with E-state index in [9.17, 15) is 4.79 Å². The molecule has 3 fully saturated rings. The van der Waals surface area contributed by atoms with Gasteiger partial charge in [0, 0.05) is 12.1 Å². The zero-order valence-electron chi connectivity index (χ0n) is 20.9. The van der Waals surface area contributed by atoms with Crippen LogP contribution in [-0.2, 0) is 17.6 Å². The first-order valence-corrected chi connectivity index (χ1v) is 12.8. The summed E-state index contributed by atoms with van der Waals surface area (Å²) in [6, 6.07) is 11.6. The maximum atomic E-state index is 15.3. The summed E-state index contributed by atoms with van der Waals surface area (Å²) in [5.41, 5.74) is 4.54. The lowest BCUT2D eigenvalue weighted by Crippen LogP contribution is -2.53. The standard InChI is InChI=1S/C29H37FN2O2/c1-18(2)13-19-5-7-20(8-6-19)23-14-22-16-29(3,4)27(24(22)15-25(23)30)31-28(33)34-26-17-32-11-9-21(26)10-12-32/h5-8,14-15,18,21,26-27H,9-13,16-17H2,1-4H3,(H,31,33)/t26-,27-/m0/s1. The molecule has 1 amide bonds. The van der Waals surface area contributed by atoms with Crippen molar-refractivity contribution in [3.8, 4) is 11.1 Å². The number of alkyl carbamates (subject to hydrolysis) is 1. The lowest BCUT2D eigenvalue weighted by molar-refractivity contribution is -0.0349. The molecule has 3 saturated heterocycles. The Hall–Kier alpha value is -2.40. The topological polar surface area (TPSA) is 41.6 Å². The molecule has 3 heterocycles. The number of nitrogens with zero attached hydrogens (tertiary/aromatic N) is 1. The molecule has 0 saturated carbocycles. The van der Waals surface area contributed by atoms with Gasteiger partial charge in [0.15, 0.2) is 0 Å². The van der Waals surface area contributed by atoms with Gasteiger partial charge in [-0.05, 0) is 90.4 Å². The largest absolute Gasteiger partial charge is 0.445 e.